The van der Waals surface area contributed by atoms with Gasteiger partial charge in [0.1, 0.15) is 21.7 Å². The molecular formula is C22H25N3O3S. The summed E-state index contributed by atoms with van der Waals surface area (Å²) in [6.45, 7) is 6.86. The van der Waals surface area contributed by atoms with Gasteiger partial charge < -0.3 is 19.3 Å². The SMILES string of the molecule is COc1ccc(OC)c2sc(N3CCN(C(=O)c4cc(C)ccc4C)CC3)nc12. The molecule has 4 rings (SSSR count). The summed E-state index contributed by atoms with van der Waals surface area (Å²) >= 11 is 1.60. The van der Waals surface area contributed by atoms with Crippen LogP contribution in [-0.2, 0) is 0 Å². The Bertz CT molecular complexity index is 1010. The number of thiazole rings is 1. The second-order valence-corrected chi connectivity index (χ2v) is 8.22. The van der Waals surface area contributed by atoms with E-state index in [1.807, 2.05) is 49.1 Å². The summed E-state index contributed by atoms with van der Waals surface area (Å²) < 4.78 is 11.9. The van der Waals surface area contributed by atoms with Gasteiger partial charge in [-0.05, 0) is 37.6 Å². The van der Waals surface area contributed by atoms with Crippen molar-refractivity contribution in [3.05, 3.63) is 47.0 Å². The van der Waals surface area contributed by atoms with Crippen LogP contribution in [-0.4, -0.2) is 56.2 Å². The molecule has 1 amide bonds. The molecule has 152 valence electrons. The molecule has 1 fully saturated rings. The Labute approximate surface area is 174 Å². The van der Waals surface area contributed by atoms with Crippen LogP contribution in [0.5, 0.6) is 11.5 Å². The zero-order valence-electron chi connectivity index (χ0n) is 17.2. The topological polar surface area (TPSA) is 54.9 Å². The molecule has 0 spiro atoms. The highest BCUT2D eigenvalue weighted by molar-refractivity contribution is 7.22. The molecule has 2 aromatic carbocycles. The highest BCUT2D eigenvalue weighted by Crippen LogP contribution is 2.40. The summed E-state index contributed by atoms with van der Waals surface area (Å²) in [6, 6.07) is 9.83. The number of methoxy groups -OCH3 is 2. The number of nitrogens with zero attached hydrogens (tertiary/aromatic N) is 3. The van der Waals surface area contributed by atoms with Crippen LogP contribution in [0.15, 0.2) is 30.3 Å². The third-order valence-electron chi connectivity index (χ3n) is 5.36. The molecule has 0 saturated carbocycles. The fraction of sp³-hybridized carbons (Fsp3) is 0.364. The number of carbonyl (C=O) groups excluding carboxylic acids is 1. The summed E-state index contributed by atoms with van der Waals surface area (Å²) in [5.74, 6) is 1.65. The Morgan fingerprint density at radius 2 is 1.69 bits per heavy atom. The zero-order chi connectivity index (χ0) is 20.5. The third-order valence-corrected chi connectivity index (χ3v) is 6.49. The van der Waals surface area contributed by atoms with E-state index in [0.717, 1.165) is 56.6 Å². The zero-order valence-corrected chi connectivity index (χ0v) is 18.0. The lowest BCUT2D eigenvalue weighted by molar-refractivity contribution is 0.0746. The third kappa shape index (κ3) is 3.62. The number of hydrogen-bond donors (Lipinski definition) is 0. The first kappa shape index (κ1) is 19.5. The highest BCUT2D eigenvalue weighted by Gasteiger charge is 2.25. The molecule has 7 heteroatoms. The number of anilines is 1. The van der Waals surface area contributed by atoms with Crippen LogP contribution >= 0.6 is 11.3 Å². The van der Waals surface area contributed by atoms with Crippen LogP contribution in [0.2, 0.25) is 0 Å². The van der Waals surface area contributed by atoms with E-state index in [1.165, 1.54) is 0 Å². The predicted octanol–water partition coefficient (Wildman–Crippen LogP) is 3.89. The number of aryl methyl sites for hydroxylation is 2. The maximum Gasteiger partial charge on any atom is 0.254 e. The molecule has 0 bridgehead atoms. The van der Waals surface area contributed by atoms with Gasteiger partial charge in [0.15, 0.2) is 5.13 Å². The number of hydrogen-bond acceptors (Lipinski definition) is 6. The van der Waals surface area contributed by atoms with Gasteiger partial charge in [-0.15, -0.1) is 0 Å². The summed E-state index contributed by atoms with van der Waals surface area (Å²) in [5, 5.41) is 0.932. The summed E-state index contributed by atoms with van der Waals surface area (Å²) in [6.07, 6.45) is 0. The van der Waals surface area contributed by atoms with E-state index >= 15 is 0 Å². The van der Waals surface area contributed by atoms with Crippen LogP contribution in [0.3, 0.4) is 0 Å². The van der Waals surface area contributed by atoms with Crippen molar-refractivity contribution in [1.82, 2.24) is 9.88 Å². The van der Waals surface area contributed by atoms with E-state index in [1.54, 1.807) is 25.6 Å². The average Bonchev–Trinajstić information content (AvgIpc) is 3.20. The van der Waals surface area contributed by atoms with Gasteiger partial charge in [0.2, 0.25) is 0 Å². The van der Waals surface area contributed by atoms with Gasteiger partial charge in [0.05, 0.1) is 14.2 Å². The average molecular weight is 412 g/mol. The minimum atomic E-state index is 0.110. The highest BCUT2D eigenvalue weighted by atomic mass is 32.1. The van der Waals surface area contributed by atoms with Gasteiger partial charge in [-0.3, -0.25) is 4.79 Å². The van der Waals surface area contributed by atoms with Crippen molar-refractivity contribution in [2.75, 3.05) is 45.3 Å². The predicted molar refractivity (Wildman–Crippen MR) is 117 cm³/mol. The van der Waals surface area contributed by atoms with E-state index in [0.29, 0.717) is 13.1 Å². The van der Waals surface area contributed by atoms with Crippen molar-refractivity contribution in [2.45, 2.75) is 13.8 Å². The lowest BCUT2D eigenvalue weighted by Crippen LogP contribution is -2.48. The van der Waals surface area contributed by atoms with Crippen molar-refractivity contribution in [2.24, 2.45) is 0 Å². The Kier molecular flexibility index (Phi) is 5.32. The molecule has 0 N–H and O–H groups in total. The van der Waals surface area contributed by atoms with Crippen LogP contribution in [0.25, 0.3) is 10.2 Å². The second-order valence-electron chi connectivity index (χ2n) is 7.24. The first-order valence-electron chi connectivity index (χ1n) is 9.65. The fourth-order valence-electron chi connectivity index (χ4n) is 3.65. The number of amides is 1. The molecule has 6 nitrogen and oxygen atoms in total. The van der Waals surface area contributed by atoms with Gasteiger partial charge in [0, 0.05) is 31.7 Å². The molecule has 1 saturated heterocycles. The van der Waals surface area contributed by atoms with Gasteiger partial charge >= 0.3 is 0 Å². The van der Waals surface area contributed by atoms with Crippen LogP contribution in [0, 0.1) is 13.8 Å². The Morgan fingerprint density at radius 1 is 1.00 bits per heavy atom. The van der Waals surface area contributed by atoms with Crippen molar-refractivity contribution in [1.29, 1.82) is 0 Å². The maximum absolute atomic E-state index is 13.0. The van der Waals surface area contributed by atoms with Crippen molar-refractivity contribution >= 4 is 32.6 Å². The molecule has 29 heavy (non-hydrogen) atoms. The Morgan fingerprint density at radius 3 is 2.38 bits per heavy atom. The normalized spacial score (nSPS) is 14.3. The van der Waals surface area contributed by atoms with Crippen molar-refractivity contribution < 1.29 is 14.3 Å². The van der Waals surface area contributed by atoms with Crippen molar-refractivity contribution in [3.63, 3.8) is 0 Å². The summed E-state index contributed by atoms with van der Waals surface area (Å²) in [5.41, 5.74) is 3.75. The minimum Gasteiger partial charge on any atom is -0.495 e. The van der Waals surface area contributed by atoms with Crippen LogP contribution in [0.1, 0.15) is 21.5 Å². The number of fused-ring (bicyclic) bond motifs is 1. The standard InChI is InChI=1S/C22H25N3O3S/c1-14-5-6-15(2)16(13-14)21(26)24-9-11-25(12-10-24)22-23-19-17(27-3)7-8-18(28-4)20(19)29-22/h5-8,13H,9-12H2,1-4H3. The smallest absolute Gasteiger partial charge is 0.254 e. The maximum atomic E-state index is 13.0. The first-order chi connectivity index (χ1) is 14.0. The lowest BCUT2D eigenvalue weighted by Gasteiger charge is -2.34. The number of aromatic nitrogens is 1. The molecule has 0 aliphatic carbocycles. The first-order valence-corrected chi connectivity index (χ1v) is 10.5. The number of ether oxygens (including phenoxy) is 2. The molecule has 1 aliphatic heterocycles. The van der Waals surface area contributed by atoms with Crippen molar-refractivity contribution in [3.8, 4) is 11.5 Å². The second kappa shape index (κ2) is 7.91. The molecule has 0 radical (unpaired) electrons. The van der Waals surface area contributed by atoms with Gasteiger partial charge in [-0.1, -0.05) is 29.0 Å². The van der Waals surface area contributed by atoms with E-state index in [2.05, 4.69) is 4.90 Å². The molecule has 1 aromatic heterocycles. The van der Waals surface area contributed by atoms with E-state index in [4.69, 9.17) is 14.5 Å². The van der Waals surface area contributed by atoms with Crippen LogP contribution < -0.4 is 14.4 Å². The largest absolute Gasteiger partial charge is 0.495 e. The number of benzene rings is 2. The molecule has 0 unspecified atom stereocenters. The van der Waals surface area contributed by atoms with E-state index in [-0.39, 0.29) is 5.91 Å². The molecule has 0 atom stereocenters. The Balaban J connectivity index is 1.52. The monoisotopic (exact) mass is 411 g/mol. The number of carbonyl (C=O) groups is 1. The molecule has 2 heterocycles. The van der Waals surface area contributed by atoms with E-state index < -0.39 is 0 Å². The van der Waals surface area contributed by atoms with E-state index in [9.17, 15) is 4.79 Å². The quantitative estimate of drug-likeness (QED) is 0.652. The number of rotatable bonds is 4. The Hall–Kier alpha value is -2.80. The van der Waals surface area contributed by atoms with Gasteiger partial charge in [-0.2, -0.15) is 0 Å². The molecular weight excluding hydrogens is 386 g/mol. The van der Waals surface area contributed by atoms with Crippen LogP contribution in [0.4, 0.5) is 5.13 Å². The lowest BCUT2D eigenvalue weighted by atomic mass is 10.0. The summed E-state index contributed by atoms with van der Waals surface area (Å²) in [4.78, 5) is 22.0. The van der Waals surface area contributed by atoms with Gasteiger partial charge in [0.25, 0.3) is 5.91 Å². The molecule has 1 aliphatic rings. The number of piperazine rings is 1. The minimum absolute atomic E-state index is 0.110. The summed E-state index contributed by atoms with van der Waals surface area (Å²) in [7, 11) is 3.32. The van der Waals surface area contributed by atoms with Gasteiger partial charge in [-0.25, -0.2) is 4.98 Å². The fourth-order valence-corrected chi connectivity index (χ4v) is 4.77. The molecule has 3 aromatic rings.